The van der Waals surface area contributed by atoms with E-state index in [-0.39, 0.29) is 0 Å². The van der Waals surface area contributed by atoms with Gasteiger partial charge in [-0.2, -0.15) is 0 Å². The van der Waals surface area contributed by atoms with Crippen LogP contribution in [0.2, 0.25) is 0 Å². The molecule has 149 heavy (non-hydrogen) atoms. The van der Waals surface area contributed by atoms with Gasteiger partial charge in [0.25, 0.3) is 0 Å². The van der Waals surface area contributed by atoms with Gasteiger partial charge in [-0.1, -0.05) is 388 Å². The number of nitrogens with zero attached hydrogens (tertiary/aromatic N) is 13. The molecular formula is C133H81N13S3. The van der Waals surface area contributed by atoms with Gasteiger partial charge in [0.05, 0.1) is 117 Å². The van der Waals surface area contributed by atoms with Crippen molar-refractivity contribution in [3.05, 3.63) is 491 Å². The second-order valence-electron chi connectivity index (χ2n) is 37.7. The van der Waals surface area contributed by atoms with E-state index in [4.69, 9.17) is 34.9 Å². The van der Waals surface area contributed by atoms with Crippen LogP contribution in [0.5, 0.6) is 0 Å². The normalized spacial score (nSPS) is 11.9. The van der Waals surface area contributed by atoms with Gasteiger partial charge in [0, 0.05) is 126 Å². The average molecular weight is 1960 g/mol. The molecule has 0 aliphatic rings. The molecule has 13 nitrogen and oxygen atoms in total. The van der Waals surface area contributed by atoms with Crippen LogP contribution in [-0.2, 0) is 0 Å². The molecule has 0 radical (unpaired) electrons. The van der Waals surface area contributed by atoms with E-state index in [2.05, 4.69) is 452 Å². The number of fused-ring (bicyclic) bond motifs is 29. The van der Waals surface area contributed by atoms with Gasteiger partial charge in [-0.15, -0.1) is 34.0 Å². The van der Waals surface area contributed by atoms with E-state index in [9.17, 15) is 0 Å². The van der Waals surface area contributed by atoms with Gasteiger partial charge in [-0.3, -0.25) is 9.13 Å². The molecule has 0 bridgehead atoms. The third kappa shape index (κ3) is 13.8. The summed E-state index contributed by atoms with van der Waals surface area (Å²) < 4.78 is 21.9. The second-order valence-corrected chi connectivity index (χ2v) is 40.7. The van der Waals surface area contributed by atoms with Crippen LogP contribution in [0.15, 0.2) is 491 Å². The van der Waals surface area contributed by atoms with Gasteiger partial charge in [0.15, 0.2) is 17.5 Å². The number of aromatic nitrogens is 13. The Morgan fingerprint density at radius 3 is 0.799 bits per heavy atom. The van der Waals surface area contributed by atoms with E-state index in [0.29, 0.717) is 29.4 Å². The fourth-order valence-electron chi connectivity index (χ4n) is 22.7. The van der Waals surface area contributed by atoms with Crippen molar-refractivity contribution in [2.45, 2.75) is 0 Å². The Labute approximate surface area is 864 Å². The summed E-state index contributed by atoms with van der Waals surface area (Å²) >= 11 is 5.62. The predicted molar refractivity (Wildman–Crippen MR) is 624 cm³/mol. The standard InChI is InChI=1S/C47H29N5S.C46H28N4S.C40H24N4S/c1-4-15-30(16-5-1)45-48-46(31-17-6-2-7-18-31)50-47(49-45)32-19-14-22-34(29-32)52-39-25-12-10-23-35(39)36-27-28-38-42-43(53-44(38)41(36)52)37-24-11-13-26-40(37)51(42)33-20-8-3-9-21-33;1-4-14-29(15-5-1)31-24-27-38-37(28-31)41(30-16-6-2-7-17-30)48-46(47-38)50-39-22-12-10-20-33(39)34-25-26-36-43-44(51-45(36)42(34)50)35-21-11-13-23-40(35)49(43)32-18-8-3-9-19-32;1-3-13-25(14-4-1)35-29-18-7-10-20-32(29)41-40(42-35)44-33-21-11-8-17-27(33)28-23-24-31-37-38(45-39(31)36(28)44)30-19-9-12-22-34(30)43(37)26-15-5-2-6-16-26/h1-29H;1-28H;1-24H. The molecule has 0 fully saturated rings. The Bertz CT molecular complexity index is 10900. The molecule has 0 spiro atoms. The molecule has 0 aliphatic heterocycles. The van der Waals surface area contributed by atoms with Gasteiger partial charge >= 0.3 is 0 Å². The third-order valence-electron chi connectivity index (χ3n) is 29.2. The Morgan fingerprint density at radius 1 is 0.141 bits per heavy atom. The number of para-hydroxylation sites is 10. The molecule has 12 heterocycles. The van der Waals surface area contributed by atoms with Crippen molar-refractivity contribution in [1.82, 2.24) is 62.3 Å². The first-order valence-corrected chi connectivity index (χ1v) is 52.4. The largest absolute Gasteiger partial charge is 0.308 e. The molecule has 0 saturated heterocycles. The lowest BCUT2D eigenvalue weighted by Crippen LogP contribution is -2.03. The minimum atomic E-state index is 0.635. The zero-order chi connectivity index (χ0) is 97.8. The third-order valence-corrected chi connectivity index (χ3v) is 32.9. The molecule has 20 aromatic carbocycles. The van der Waals surface area contributed by atoms with Crippen molar-refractivity contribution < 1.29 is 0 Å². The van der Waals surface area contributed by atoms with E-state index < -0.39 is 0 Å². The fourth-order valence-corrected chi connectivity index (χ4v) is 26.8. The van der Waals surface area contributed by atoms with Crippen LogP contribution >= 0.6 is 34.0 Å². The summed E-state index contributed by atoms with van der Waals surface area (Å²) in [5.41, 5.74) is 29.7. The van der Waals surface area contributed by atoms with Crippen molar-refractivity contribution in [3.63, 3.8) is 0 Å². The van der Waals surface area contributed by atoms with Crippen LogP contribution in [0.25, 0.3) is 283 Å². The molecule has 32 aromatic rings. The maximum Gasteiger partial charge on any atom is 0.235 e. The Balaban J connectivity index is 0.000000103. The molecule has 32 rings (SSSR count). The second kappa shape index (κ2) is 34.8. The molecule has 0 atom stereocenters. The molecule has 0 N–H and O–H groups in total. The lowest BCUT2D eigenvalue weighted by atomic mass is 10.0. The molecule has 696 valence electrons. The number of hydrogen-bond donors (Lipinski definition) is 0. The van der Waals surface area contributed by atoms with Crippen LogP contribution in [0.3, 0.4) is 0 Å². The minimum Gasteiger partial charge on any atom is -0.308 e. The monoisotopic (exact) mass is 1960 g/mol. The number of hydrogen-bond acceptors (Lipinski definition) is 10. The Kier molecular flexibility index (Phi) is 19.9. The van der Waals surface area contributed by atoms with Crippen LogP contribution in [0, 0.1) is 0 Å². The molecule has 0 amide bonds. The van der Waals surface area contributed by atoms with Gasteiger partial charge < -0.3 is 18.3 Å². The summed E-state index contributed by atoms with van der Waals surface area (Å²) in [6, 6.07) is 173. The molecule has 12 aromatic heterocycles. The summed E-state index contributed by atoms with van der Waals surface area (Å²) in [6.45, 7) is 0. The van der Waals surface area contributed by atoms with E-state index in [1.165, 1.54) is 137 Å². The quantitative estimate of drug-likeness (QED) is 0.119. The van der Waals surface area contributed by atoms with Crippen molar-refractivity contribution in [2.24, 2.45) is 0 Å². The zero-order valence-electron chi connectivity index (χ0n) is 79.8. The maximum absolute atomic E-state index is 5.46. The van der Waals surface area contributed by atoms with Crippen LogP contribution in [-0.4, -0.2) is 62.3 Å². The van der Waals surface area contributed by atoms with Gasteiger partial charge in [0.2, 0.25) is 11.9 Å². The summed E-state index contributed by atoms with van der Waals surface area (Å²) in [5.74, 6) is 3.28. The SMILES string of the molecule is c1ccc(-c2ccc3nc(-n4c5ccccc5c5ccc6c(sc7c8ccccc8n(-c8ccccc8)c67)c54)nc(-c4ccccc4)c3c2)cc1.c1ccc(-c2nc(-c3ccccc3)nc(-c3cccc(-n4c5ccccc5c5ccc6c(sc7c8ccccc8n(-c8ccccc8)c67)c54)c3)n2)cc1.c1ccc(-c2nc(-n3c4ccccc4c4ccc5c(sc6c7ccccc7n(-c7ccccc7)c56)c43)nc3ccccc23)cc1. The fraction of sp³-hybridized carbons (Fsp3) is 0. The predicted octanol–water partition coefficient (Wildman–Crippen LogP) is 35.4. The number of benzene rings is 20. The first-order valence-electron chi connectivity index (χ1n) is 50.0. The molecule has 0 saturated carbocycles. The smallest absolute Gasteiger partial charge is 0.235 e. The lowest BCUT2D eigenvalue weighted by molar-refractivity contribution is 1.02. The maximum atomic E-state index is 5.46. The van der Waals surface area contributed by atoms with Crippen LogP contribution < -0.4 is 0 Å². The molecule has 16 heteroatoms. The molecule has 0 unspecified atom stereocenters. The Hall–Kier alpha value is -19.2. The van der Waals surface area contributed by atoms with Crippen molar-refractivity contribution in [1.29, 1.82) is 0 Å². The van der Waals surface area contributed by atoms with E-state index in [1.807, 2.05) is 101 Å². The Morgan fingerprint density at radius 2 is 0.403 bits per heavy atom. The first-order chi connectivity index (χ1) is 74.0. The number of rotatable bonds is 12. The average Bonchev–Trinajstić information content (AvgIpc) is 1.54. The summed E-state index contributed by atoms with van der Waals surface area (Å²) in [4.78, 5) is 36.4. The lowest BCUT2D eigenvalue weighted by Gasteiger charge is -2.13. The number of thiophene rings is 3. The summed E-state index contributed by atoms with van der Waals surface area (Å²) in [6.07, 6.45) is 0. The molecule has 0 aliphatic carbocycles. The van der Waals surface area contributed by atoms with E-state index in [0.717, 1.165) is 117 Å². The van der Waals surface area contributed by atoms with Gasteiger partial charge in [0.1, 0.15) is 0 Å². The van der Waals surface area contributed by atoms with E-state index in [1.54, 1.807) is 0 Å². The highest BCUT2D eigenvalue weighted by molar-refractivity contribution is 7.28. The highest BCUT2D eigenvalue weighted by Crippen LogP contribution is 2.53. The minimum absolute atomic E-state index is 0.635. The van der Waals surface area contributed by atoms with Crippen LogP contribution in [0.4, 0.5) is 0 Å². The summed E-state index contributed by atoms with van der Waals surface area (Å²) in [7, 11) is 0. The van der Waals surface area contributed by atoms with Gasteiger partial charge in [-0.25, -0.2) is 34.9 Å². The highest BCUT2D eigenvalue weighted by Gasteiger charge is 2.30. The summed E-state index contributed by atoms with van der Waals surface area (Å²) in [5, 5.41) is 16.8. The van der Waals surface area contributed by atoms with Crippen molar-refractivity contribution >= 4 is 215 Å². The van der Waals surface area contributed by atoms with Crippen molar-refractivity contribution in [2.75, 3.05) is 0 Å². The van der Waals surface area contributed by atoms with E-state index >= 15 is 0 Å². The van der Waals surface area contributed by atoms with Crippen molar-refractivity contribution in [3.8, 4) is 102 Å². The van der Waals surface area contributed by atoms with Gasteiger partial charge in [-0.05, 0) is 114 Å². The zero-order valence-corrected chi connectivity index (χ0v) is 82.3. The van der Waals surface area contributed by atoms with Crippen LogP contribution in [0.1, 0.15) is 0 Å². The topological polar surface area (TPSA) is 120 Å². The highest BCUT2D eigenvalue weighted by atomic mass is 32.1. The first kappa shape index (κ1) is 85.4. The molecular weight excluding hydrogens is 1880 g/mol.